The van der Waals surface area contributed by atoms with Crippen molar-refractivity contribution in [2.75, 3.05) is 10.6 Å². The maximum absolute atomic E-state index is 12.2. The number of amides is 2. The third kappa shape index (κ3) is 4.58. The van der Waals surface area contributed by atoms with E-state index in [1.165, 1.54) is 0 Å². The first kappa shape index (κ1) is 19.6. The van der Waals surface area contributed by atoms with E-state index in [0.717, 1.165) is 11.4 Å². The number of anilines is 2. The molecule has 0 unspecified atom stereocenters. The Morgan fingerprint density at radius 2 is 1.68 bits per heavy atom. The van der Waals surface area contributed by atoms with Crippen molar-refractivity contribution in [1.82, 2.24) is 19.6 Å². The van der Waals surface area contributed by atoms with Crippen LogP contribution in [0.4, 0.5) is 11.4 Å². The fourth-order valence-corrected chi connectivity index (χ4v) is 2.83. The topological polar surface area (TPSA) is 93.8 Å². The van der Waals surface area contributed by atoms with E-state index in [9.17, 15) is 9.59 Å². The Morgan fingerprint density at radius 3 is 2.21 bits per heavy atom. The zero-order valence-corrected chi connectivity index (χ0v) is 16.6. The largest absolute Gasteiger partial charge is 0.326 e. The molecule has 1 aromatic carbocycles. The minimum Gasteiger partial charge on any atom is -0.326 e. The van der Waals surface area contributed by atoms with Crippen LogP contribution in [0.1, 0.15) is 28.3 Å². The number of nitrogens with zero attached hydrogens (tertiary/aromatic N) is 4. The molecule has 3 rings (SSSR count). The summed E-state index contributed by atoms with van der Waals surface area (Å²) in [7, 11) is 1.75. The maximum Gasteiger partial charge on any atom is 0.276 e. The lowest BCUT2D eigenvalue weighted by Gasteiger charge is -2.08. The van der Waals surface area contributed by atoms with Crippen LogP contribution in [0.5, 0.6) is 0 Å². The van der Waals surface area contributed by atoms with Gasteiger partial charge in [-0.25, -0.2) is 0 Å². The molecule has 8 nitrogen and oxygen atoms in total. The number of aromatic nitrogens is 4. The van der Waals surface area contributed by atoms with Gasteiger partial charge in [0.15, 0.2) is 5.69 Å². The first-order valence-corrected chi connectivity index (χ1v) is 9.11. The first-order chi connectivity index (χ1) is 13.3. The molecule has 0 saturated carbocycles. The van der Waals surface area contributed by atoms with Crippen LogP contribution in [0.25, 0.3) is 0 Å². The summed E-state index contributed by atoms with van der Waals surface area (Å²) in [6, 6.07) is 8.53. The summed E-state index contributed by atoms with van der Waals surface area (Å²) < 4.78 is 3.29. The summed E-state index contributed by atoms with van der Waals surface area (Å²) in [5.74, 6) is -0.421. The second-order valence-electron chi connectivity index (χ2n) is 6.41. The zero-order valence-electron chi connectivity index (χ0n) is 15.9. The van der Waals surface area contributed by atoms with Crippen molar-refractivity contribution >= 4 is 34.8 Å². The molecule has 0 saturated heterocycles. The highest BCUT2D eigenvalue weighted by molar-refractivity contribution is 6.31. The number of aryl methyl sites for hydroxylation is 3. The monoisotopic (exact) mass is 400 g/mol. The molecule has 28 heavy (non-hydrogen) atoms. The van der Waals surface area contributed by atoms with Gasteiger partial charge in [-0.15, -0.1) is 0 Å². The molecule has 0 aliphatic heterocycles. The average molecular weight is 401 g/mol. The predicted octanol–water partition coefficient (Wildman–Crippen LogP) is 3.17. The number of carbonyl (C=O) groups excluding carboxylic acids is 2. The van der Waals surface area contributed by atoms with Crippen LogP contribution < -0.4 is 10.6 Å². The van der Waals surface area contributed by atoms with Gasteiger partial charge >= 0.3 is 0 Å². The van der Waals surface area contributed by atoms with E-state index in [1.807, 2.05) is 13.8 Å². The molecule has 2 aromatic heterocycles. The summed E-state index contributed by atoms with van der Waals surface area (Å²) in [5.41, 5.74) is 3.20. The van der Waals surface area contributed by atoms with Crippen LogP contribution in [0, 0.1) is 13.8 Å². The Morgan fingerprint density at radius 1 is 1.04 bits per heavy atom. The summed E-state index contributed by atoms with van der Waals surface area (Å²) in [6.45, 7) is 4.15. The average Bonchev–Trinajstić information content (AvgIpc) is 3.21. The van der Waals surface area contributed by atoms with Crippen molar-refractivity contribution < 1.29 is 9.59 Å². The third-order valence-electron chi connectivity index (χ3n) is 4.22. The Balaban J connectivity index is 1.52. The van der Waals surface area contributed by atoms with E-state index < -0.39 is 0 Å². The smallest absolute Gasteiger partial charge is 0.276 e. The Labute approximate surface area is 167 Å². The minimum atomic E-state index is -0.291. The van der Waals surface area contributed by atoms with E-state index in [2.05, 4.69) is 20.8 Å². The summed E-state index contributed by atoms with van der Waals surface area (Å²) in [6.07, 6.45) is 1.98. The van der Waals surface area contributed by atoms with Gasteiger partial charge < -0.3 is 10.6 Å². The lowest BCUT2D eigenvalue weighted by Crippen LogP contribution is -2.16. The van der Waals surface area contributed by atoms with Crippen molar-refractivity contribution in [3.05, 3.63) is 58.6 Å². The molecule has 146 valence electrons. The van der Waals surface area contributed by atoms with Crippen LogP contribution in [0.15, 0.2) is 36.5 Å². The number of halogens is 1. The second-order valence-corrected chi connectivity index (χ2v) is 6.79. The molecule has 0 aliphatic carbocycles. The predicted molar refractivity (Wildman–Crippen MR) is 108 cm³/mol. The lowest BCUT2D eigenvalue weighted by atomic mass is 10.2. The molecular weight excluding hydrogens is 380 g/mol. The van der Waals surface area contributed by atoms with E-state index in [4.69, 9.17) is 11.6 Å². The normalized spacial score (nSPS) is 10.7. The van der Waals surface area contributed by atoms with Crippen LogP contribution in [-0.2, 0) is 18.4 Å². The van der Waals surface area contributed by atoms with Crippen molar-refractivity contribution in [1.29, 1.82) is 0 Å². The molecule has 0 aliphatic rings. The minimum absolute atomic E-state index is 0.131. The first-order valence-electron chi connectivity index (χ1n) is 8.74. The van der Waals surface area contributed by atoms with Gasteiger partial charge in [-0.3, -0.25) is 19.0 Å². The number of nitrogens with one attached hydrogen (secondary N) is 2. The fraction of sp³-hybridized carbons (Fsp3) is 0.263. The van der Waals surface area contributed by atoms with Gasteiger partial charge in [-0.05, 0) is 44.2 Å². The number of benzene rings is 1. The van der Waals surface area contributed by atoms with Crippen molar-refractivity contribution in [3.63, 3.8) is 0 Å². The van der Waals surface area contributed by atoms with Gasteiger partial charge in [0.2, 0.25) is 5.91 Å². The molecule has 2 amide bonds. The van der Waals surface area contributed by atoms with E-state index in [1.54, 1.807) is 52.9 Å². The van der Waals surface area contributed by atoms with Gasteiger partial charge in [-0.2, -0.15) is 10.2 Å². The lowest BCUT2D eigenvalue weighted by molar-refractivity contribution is -0.116. The summed E-state index contributed by atoms with van der Waals surface area (Å²) in [5, 5.41) is 14.6. The number of carbonyl (C=O) groups is 2. The molecular formula is C19H21ClN6O2. The number of hydrogen-bond acceptors (Lipinski definition) is 4. The van der Waals surface area contributed by atoms with Crippen molar-refractivity contribution in [2.45, 2.75) is 26.8 Å². The van der Waals surface area contributed by atoms with Gasteiger partial charge in [0.05, 0.1) is 23.0 Å². The summed E-state index contributed by atoms with van der Waals surface area (Å²) in [4.78, 5) is 24.3. The molecule has 3 aromatic rings. The molecule has 0 atom stereocenters. The Hall–Kier alpha value is -3.13. The molecule has 0 spiro atoms. The van der Waals surface area contributed by atoms with E-state index in [-0.39, 0.29) is 18.2 Å². The van der Waals surface area contributed by atoms with Crippen molar-refractivity contribution in [2.24, 2.45) is 7.05 Å². The van der Waals surface area contributed by atoms with Gasteiger partial charge in [-0.1, -0.05) is 11.6 Å². The molecule has 0 bridgehead atoms. The number of rotatable bonds is 6. The maximum atomic E-state index is 12.2. The highest BCUT2D eigenvalue weighted by Crippen LogP contribution is 2.19. The molecule has 9 heteroatoms. The fourth-order valence-electron chi connectivity index (χ4n) is 2.69. The molecule has 2 N–H and O–H groups in total. The zero-order chi connectivity index (χ0) is 20.3. The molecule has 0 radical (unpaired) electrons. The van der Waals surface area contributed by atoms with Crippen LogP contribution >= 0.6 is 11.6 Å². The Bertz CT molecular complexity index is 1010. The number of hydrogen-bond donors (Lipinski definition) is 2. The van der Waals surface area contributed by atoms with Crippen LogP contribution in [-0.4, -0.2) is 31.4 Å². The van der Waals surface area contributed by atoms with E-state index >= 15 is 0 Å². The van der Waals surface area contributed by atoms with Crippen LogP contribution in [0.3, 0.4) is 0 Å². The highest BCUT2D eigenvalue weighted by atomic mass is 35.5. The Kier molecular flexibility index (Phi) is 5.79. The SMILES string of the molecule is Cc1nn(CCC(=O)Nc2ccc(NC(=O)c3ccn(C)n3)cc2)c(C)c1Cl. The van der Waals surface area contributed by atoms with Gasteiger partial charge in [0, 0.05) is 31.0 Å². The highest BCUT2D eigenvalue weighted by Gasteiger charge is 2.11. The van der Waals surface area contributed by atoms with E-state index in [0.29, 0.717) is 28.6 Å². The second kappa shape index (κ2) is 8.26. The third-order valence-corrected chi connectivity index (χ3v) is 4.76. The van der Waals surface area contributed by atoms with Gasteiger partial charge in [0.25, 0.3) is 5.91 Å². The van der Waals surface area contributed by atoms with Crippen molar-refractivity contribution in [3.8, 4) is 0 Å². The quantitative estimate of drug-likeness (QED) is 0.664. The molecule has 2 heterocycles. The van der Waals surface area contributed by atoms with Gasteiger partial charge in [0.1, 0.15) is 0 Å². The molecule has 0 fully saturated rings. The summed E-state index contributed by atoms with van der Waals surface area (Å²) >= 11 is 6.12. The van der Waals surface area contributed by atoms with Crippen LogP contribution in [0.2, 0.25) is 5.02 Å². The standard InChI is InChI=1S/C19H21ClN6O2/c1-12-18(20)13(2)26(23-12)11-9-17(27)21-14-4-6-15(7-5-14)22-19(28)16-8-10-25(3)24-16/h4-8,10H,9,11H2,1-3H3,(H,21,27)(H,22,28).